The summed E-state index contributed by atoms with van der Waals surface area (Å²) in [4.78, 5) is 24.4. The van der Waals surface area contributed by atoms with Crippen LogP contribution in [0.3, 0.4) is 0 Å². The molecule has 2 aromatic rings. The van der Waals surface area contributed by atoms with Gasteiger partial charge < -0.3 is 10.4 Å². The molecule has 1 aliphatic carbocycles. The number of carbonyl (C=O) groups is 2. The molecular weight excluding hydrogens is 330 g/mol. The highest BCUT2D eigenvalue weighted by atomic mass is 16.4. The van der Waals surface area contributed by atoms with E-state index in [0.717, 1.165) is 41.8 Å². The van der Waals surface area contributed by atoms with E-state index in [-0.39, 0.29) is 5.92 Å². The van der Waals surface area contributed by atoms with Crippen LogP contribution in [-0.4, -0.2) is 32.8 Å². The van der Waals surface area contributed by atoms with Crippen LogP contribution < -0.4 is 5.32 Å². The molecule has 0 bridgehead atoms. The third kappa shape index (κ3) is 3.23. The van der Waals surface area contributed by atoms with Gasteiger partial charge in [0.2, 0.25) is 0 Å². The Morgan fingerprint density at radius 1 is 1.31 bits per heavy atom. The van der Waals surface area contributed by atoms with Crippen LogP contribution in [0.25, 0.3) is 5.69 Å². The van der Waals surface area contributed by atoms with Crippen molar-refractivity contribution in [2.45, 2.75) is 52.5 Å². The van der Waals surface area contributed by atoms with Crippen molar-refractivity contribution in [1.29, 1.82) is 0 Å². The maximum atomic E-state index is 12.8. The molecule has 1 heterocycles. The Kier molecular flexibility index (Phi) is 5.11. The van der Waals surface area contributed by atoms with E-state index in [4.69, 9.17) is 0 Å². The molecule has 1 amide bonds. The molecule has 138 valence electrons. The average molecular weight is 355 g/mol. The number of nitrogens with one attached hydrogen (secondary N) is 1. The minimum absolute atomic E-state index is 0.150. The summed E-state index contributed by atoms with van der Waals surface area (Å²) < 4.78 is 1.85. The molecule has 6 nitrogen and oxygen atoms in total. The van der Waals surface area contributed by atoms with Gasteiger partial charge in [0, 0.05) is 11.3 Å². The van der Waals surface area contributed by atoms with E-state index in [0.29, 0.717) is 12.1 Å². The molecule has 0 unspecified atom stereocenters. The van der Waals surface area contributed by atoms with Crippen molar-refractivity contribution in [2.75, 3.05) is 0 Å². The van der Waals surface area contributed by atoms with Crippen LogP contribution >= 0.6 is 0 Å². The summed E-state index contributed by atoms with van der Waals surface area (Å²) in [6, 6.07) is 7.02. The Hall–Kier alpha value is -2.63. The Bertz CT molecular complexity index is 841. The van der Waals surface area contributed by atoms with Gasteiger partial charge in [-0.25, -0.2) is 9.48 Å². The lowest BCUT2D eigenvalue weighted by atomic mass is 9.99. The van der Waals surface area contributed by atoms with Crippen molar-refractivity contribution in [3.63, 3.8) is 0 Å². The van der Waals surface area contributed by atoms with E-state index in [1.54, 1.807) is 0 Å². The first kappa shape index (κ1) is 18.2. The van der Waals surface area contributed by atoms with Crippen molar-refractivity contribution in [2.24, 2.45) is 5.92 Å². The molecule has 3 rings (SSSR count). The summed E-state index contributed by atoms with van der Waals surface area (Å²) in [5.74, 6) is -1.56. The number of hydrogen-bond donors (Lipinski definition) is 2. The number of para-hydroxylation sites is 1. The number of aliphatic carboxylic acids is 1. The third-order valence-corrected chi connectivity index (χ3v) is 5.25. The maximum absolute atomic E-state index is 12.8. The van der Waals surface area contributed by atoms with Crippen molar-refractivity contribution in [3.8, 4) is 5.69 Å². The SMILES string of the molecule is CC[C@H](C)[C@H](NC(=O)c1nn(-c2ccccc2C)c2c1CCC2)C(=O)O. The molecule has 0 radical (unpaired) electrons. The fraction of sp³-hybridized carbons (Fsp3) is 0.450. The average Bonchev–Trinajstić information content (AvgIpc) is 3.21. The zero-order valence-electron chi connectivity index (χ0n) is 15.5. The molecular formula is C20H25N3O3. The summed E-state index contributed by atoms with van der Waals surface area (Å²) >= 11 is 0. The van der Waals surface area contributed by atoms with E-state index in [1.807, 2.05) is 49.7 Å². The van der Waals surface area contributed by atoms with Crippen LogP contribution in [0.4, 0.5) is 0 Å². The fourth-order valence-electron chi connectivity index (χ4n) is 3.51. The van der Waals surface area contributed by atoms with Gasteiger partial charge in [-0.15, -0.1) is 0 Å². The number of amides is 1. The van der Waals surface area contributed by atoms with Crippen LogP contribution in [0, 0.1) is 12.8 Å². The van der Waals surface area contributed by atoms with Gasteiger partial charge in [0.25, 0.3) is 5.91 Å². The third-order valence-electron chi connectivity index (χ3n) is 5.25. The molecule has 0 spiro atoms. The van der Waals surface area contributed by atoms with E-state index < -0.39 is 17.9 Å². The number of aromatic nitrogens is 2. The normalized spacial score (nSPS) is 15.3. The first-order valence-electron chi connectivity index (χ1n) is 9.14. The summed E-state index contributed by atoms with van der Waals surface area (Å²) in [6.45, 7) is 5.76. The van der Waals surface area contributed by atoms with Crippen LogP contribution in [0.2, 0.25) is 0 Å². The predicted molar refractivity (Wildman–Crippen MR) is 98.7 cm³/mol. The largest absolute Gasteiger partial charge is 0.480 e. The molecule has 0 saturated heterocycles. The van der Waals surface area contributed by atoms with Gasteiger partial charge in [-0.05, 0) is 43.7 Å². The van der Waals surface area contributed by atoms with E-state index in [1.165, 1.54) is 0 Å². The van der Waals surface area contributed by atoms with Crippen LogP contribution in [0.1, 0.15) is 54.0 Å². The van der Waals surface area contributed by atoms with Gasteiger partial charge in [0.15, 0.2) is 5.69 Å². The number of aryl methyl sites for hydroxylation is 1. The summed E-state index contributed by atoms with van der Waals surface area (Å²) in [7, 11) is 0. The van der Waals surface area contributed by atoms with Gasteiger partial charge in [-0.3, -0.25) is 4.79 Å². The Morgan fingerprint density at radius 2 is 2.04 bits per heavy atom. The molecule has 0 aliphatic heterocycles. The Balaban J connectivity index is 1.96. The lowest BCUT2D eigenvalue weighted by molar-refractivity contribution is -0.140. The molecule has 2 atom stereocenters. The number of hydrogen-bond acceptors (Lipinski definition) is 3. The number of nitrogens with zero attached hydrogens (tertiary/aromatic N) is 2. The van der Waals surface area contributed by atoms with E-state index >= 15 is 0 Å². The van der Waals surface area contributed by atoms with Crippen LogP contribution in [-0.2, 0) is 17.6 Å². The van der Waals surface area contributed by atoms with Crippen LogP contribution in [0.5, 0.6) is 0 Å². The predicted octanol–water partition coefficient (Wildman–Crippen LogP) is 2.90. The molecule has 0 saturated carbocycles. The van der Waals surface area contributed by atoms with Gasteiger partial charge in [-0.2, -0.15) is 5.10 Å². The molecule has 1 aliphatic rings. The standard InChI is InChI=1S/C20H25N3O3/c1-4-12(2)17(20(25)26)21-19(24)18-14-9-7-11-16(14)23(22-18)15-10-6-5-8-13(15)3/h5-6,8,10,12,17H,4,7,9,11H2,1-3H3,(H,21,24)(H,25,26)/t12-,17-/m0/s1. The van der Waals surface area contributed by atoms with Gasteiger partial charge in [-0.1, -0.05) is 38.5 Å². The zero-order valence-corrected chi connectivity index (χ0v) is 15.5. The molecule has 26 heavy (non-hydrogen) atoms. The number of benzene rings is 1. The number of rotatable bonds is 6. The summed E-state index contributed by atoms with van der Waals surface area (Å²) in [5.41, 5.74) is 4.40. The highest BCUT2D eigenvalue weighted by molar-refractivity contribution is 5.96. The minimum Gasteiger partial charge on any atom is -0.480 e. The number of fused-ring (bicyclic) bond motifs is 1. The van der Waals surface area contributed by atoms with E-state index in [9.17, 15) is 14.7 Å². The molecule has 1 aromatic carbocycles. The minimum atomic E-state index is -1.01. The topological polar surface area (TPSA) is 84.2 Å². The second-order valence-corrected chi connectivity index (χ2v) is 7.00. The van der Waals surface area contributed by atoms with Crippen molar-refractivity contribution >= 4 is 11.9 Å². The first-order valence-corrected chi connectivity index (χ1v) is 9.14. The fourth-order valence-corrected chi connectivity index (χ4v) is 3.51. The van der Waals surface area contributed by atoms with Crippen LogP contribution in [0.15, 0.2) is 24.3 Å². The van der Waals surface area contributed by atoms with Gasteiger partial charge >= 0.3 is 5.97 Å². The van der Waals surface area contributed by atoms with Crippen molar-refractivity contribution in [3.05, 3.63) is 46.8 Å². The lowest BCUT2D eigenvalue weighted by Gasteiger charge is -2.19. The second-order valence-electron chi connectivity index (χ2n) is 7.00. The number of carbonyl (C=O) groups excluding carboxylic acids is 1. The Morgan fingerprint density at radius 3 is 2.69 bits per heavy atom. The zero-order chi connectivity index (χ0) is 18.8. The maximum Gasteiger partial charge on any atom is 0.326 e. The lowest BCUT2D eigenvalue weighted by Crippen LogP contribution is -2.45. The molecule has 2 N–H and O–H groups in total. The quantitative estimate of drug-likeness (QED) is 0.834. The number of carboxylic acids is 1. The first-order chi connectivity index (χ1) is 12.4. The van der Waals surface area contributed by atoms with Gasteiger partial charge in [0.05, 0.1) is 5.69 Å². The highest BCUT2D eigenvalue weighted by Crippen LogP contribution is 2.29. The van der Waals surface area contributed by atoms with E-state index in [2.05, 4.69) is 10.4 Å². The van der Waals surface area contributed by atoms with Crippen molar-refractivity contribution in [1.82, 2.24) is 15.1 Å². The number of carboxylic acid groups (broad SMARTS) is 1. The molecule has 0 fully saturated rings. The Labute approximate surface area is 153 Å². The molecule has 1 aromatic heterocycles. The second kappa shape index (κ2) is 7.32. The van der Waals surface area contributed by atoms with Gasteiger partial charge in [0.1, 0.15) is 6.04 Å². The smallest absolute Gasteiger partial charge is 0.326 e. The molecule has 6 heteroatoms. The summed E-state index contributed by atoms with van der Waals surface area (Å²) in [5, 5.41) is 16.7. The summed E-state index contributed by atoms with van der Waals surface area (Å²) in [6.07, 6.45) is 3.32. The monoisotopic (exact) mass is 355 g/mol. The highest BCUT2D eigenvalue weighted by Gasteiger charge is 2.31. The van der Waals surface area contributed by atoms with Crippen molar-refractivity contribution < 1.29 is 14.7 Å².